The van der Waals surface area contributed by atoms with Gasteiger partial charge in [-0.2, -0.15) is 4.98 Å². The van der Waals surface area contributed by atoms with Gasteiger partial charge >= 0.3 is 0 Å². The first-order chi connectivity index (χ1) is 10.4. The maximum Gasteiger partial charge on any atom is 0.232 e. The molecule has 6 heteroatoms. The zero-order chi connectivity index (χ0) is 15.7. The van der Waals surface area contributed by atoms with Crippen molar-refractivity contribution >= 4 is 17.2 Å². The molecule has 2 aromatic heterocycles. The van der Waals surface area contributed by atoms with E-state index in [1.54, 1.807) is 11.3 Å². The van der Waals surface area contributed by atoms with Crippen molar-refractivity contribution < 1.29 is 9.32 Å². The van der Waals surface area contributed by atoms with E-state index in [4.69, 9.17) is 4.52 Å². The largest absolute Gasteiger partial charge is 0.342 e. The predicted molar refractivity (Wildman–Crippen MR) is 85.0 cm³/mol. The number of rotatable bonds is 4. The third kappa shape index (κ3) is 3.21. The number of hydrogen-bond donors (Lipinski definition) is 0. The Morgan fingerprint density at radius 3 is 2.91 bits per heavy atom. The molecule has 22 heavy (non-hydrogen) atoms. The first kappa shape index (κ1) is 15.2. The Balaban J connectivity index is 1.63. The zero-order valence-electron chi connectivity index (χ0n) is 13.2. The summed E-state index contributed by atoms with van der Waals surface area (Å²) in [4.78, 5) is 19.9. The average molecular weight is 319 g/mol. The average Bonchev–Trinajstić information content (AvgIpc) is 3.16. The lowest BCUT2D eigenvalue weighted by Gasteiger charge is -2.15. The number of hydrogen-bond acceptors (Lipinski definition) is 5. The molecule has 5 nitrogen and oxygen atoms in total. The minimum absolute atomic E-state index is 0.0273. The number of nitrogens with zero attached hydrogens (tertiary/aromatic N) is 3. The summed E-state index contributed by atoms with van der Waals surface area (Å²) < 4.78 is 5.38. The van der Waals surface area contributed by atoms with E-state index in [9.17, 15) is 4.79 Å². The van der Waals surface area contributed by atoms with Gasteiger partial charge in [-0.3, -0.25) is 4.79 Å². The van der Waals surface area contributed by atoms with Crippen LogP contribution in [-0.4, -0.2) is 34.0 Å². The highest BCUT2D eigenvalue weighted by Crippen LogP contribution is 2.29. The number of thiophene rings is 1. The van der Waals surface area contributed by atoms with Gasteiger partial charge in [0.05, 0.1) is 5.92 Å². The first-order valence-corrected chi connectivity index (χ1v) is 8.45. The van der Waals surface area contributed by atoms with E-state index in [2.05, 4.69) is 42.4 Å². The second-order valence-corrected chi connectivity index (χ2v) is 7.81. The molecule has 0 aliphatic carbocycles. The number of aromatic nitrogens is 2. The van der Waals surface area contributed by atoms with Crippen LogP contribution in [0.4, 0.5) is 0 Å². The number of carbonyl (C=O) groups is 1. The molecule has 0 radical (unpaired) electrons. The lowest BCUT2D eigenvalue weighted by Crippen LogP contribution is -2.27. The van der Waals surface area contributed by atoms with Crippen molar-refractivity contribution in [3.63, 3.8) is 0 Å². The van der Waals surface area contributed by atoms with E-state index >= 15 is 0 Å². The fourth-order valence-corrected chi connectivity index (χ4v) is 3.26. The van der Waals surface area contributed by atoms with E-state index in [0.29, 0.717) is 24.7 Å². The van der Waals surface area contributed by atoms with Gasteiger partial charge in [0.25, 0.3) is 0 Å². The molecule has 0 aromatic carbocycles. The van der Waals surface area contributed by atoms with Crippen LogP contribution in [0.15, 0.2) is 22.0 Å². The summed E-state index contributed by atoms with van der Waals surface area (Å²) in [6, 6.07) is 4.15. The van der Waals surface area contributed by atoms with Crippen LogP contribution in [0, 0.1) is 0 Å². The Morgan fingerprint density at radius 2 is 2.27 bits per heavy atom. The van der Waals surface area contributed by atoms with Gasteiger partial charge in [0, 0.05) is 29.8 Å². The van der Waals surface area contributed by atoms with Crippen LogP contribution in [0.1, 0.15) is 49.7 Å². The van der Waals surface area contributed by atoms with E-state index < -0.39 is 0 Å². The minimum atomic E-state index is -0.136. The van der Waals surface area contributed by atoms with Gasteiger partial charge in [0.2, 0.25) is 11.8 Å². The summed E-state index contributed by atoms with van der Waals surface area (Å²) in [6.07, 6.45) is 1.38. The van der Waals surface area contributed by atoms with Gasteiger partial charge in [0.1, 0.15) is 0 Å². The number of amides is 1. The van der Waals surface area contributed by atoms with Gasteiger partial charge in [-0.1, -0.05) is 32.0 Å². The lowest BCUT2D eigenvalue weighted by atomic mass is 9.96. The molecular formula is C16H21N3O2S. The molecule has 3 heterocycles. The van der Waals surface area contributed by atoms with Crippen molar-refractivity contribution in [1.82, 2.24) is 15.0 Å². The van der Waals surface area contributed by atoms with Crippen LogP contribution in [0.2, 0.25) is 0 Å². The molecule has 1 aliphatic heterocycles. The second-order valence-electron chi connectivity index (χ2n) is 6.78. The quantitative estimate of drug-likeness (QED) is 0.869. The topological polar surface area (TPSA) is 59.2 Å². The van der Waals surface area contributed by atoms with Crippen LogP contribution in [0.25, 0.3) is 0 Å². The van der Waals surface area contributed by atoms with Crippen LogP contribution >= 0.6 is 11.3 Å². The van der Waals surface area contributed by atoms with Crippen LogP contribution in [0.5, 0.6) is 0 Å². The Kier molecular flexibility index (Phi) is 4.04. The van der Waals surface area contributed by atoms with Gasteiger partial charge in [0.15, 0.2) is 5.82 Å². The molecule has 3 rings (SSSR count). The third-order valence-corrected chi connectivity index (χ3v) is 4.82. The summed E-state index contributed by atoms with van der Waals surface area (Å²) in [6.45, 7) is 7.59. The highest BCUT2D eigenvalue weighted by molar-refractivity contribution is 7.09. The van der Waals surface area contributed by atoms with Gasteiger partial charge in [-0.05, 0) is 17.9 Å². The molecule has 0 N–H and O–H groups in total. The van der Waals surface area contributed by atoms with E-state index in [1.165, 1.54) is 4.88 Å². The number of carbonyl (C=O) groups excluding carboxylic acids is 1. The summed E-state index contributed by atoms with van der Waals surface area (Å²) >= 11 is 1.73. The Morgan fingerprint density at radius 1 is 1.45 bits per heavy atom. The molecule has 0 spiro atoms. The fourth-order valence-electron chi connectivity index (χ4n) is 2.56. The SMILES string of the molecule is CC(C)(C)c1noc(C2CC(=O)N(CCc3cccs3)C2)n1. The smallest absolute Gasteiger partial charge is 0.232 e. The van der Waals surface area contributed by atoms with Crippen molar-refractivity contribution in [3.8, 4) is 0 Å². The summed E-state index contributed by atoms with van der Waals surface area (Å²) in [5.74, 6) is 1.50. The van der Waals surface area contributed by atoms with Gasteiger partial charge < -0.3 is 9.42 Å². The molecule has 2 aromatic rings. The van der Waals surface area contributed by atoms with Crippen molar-refractivity contribution in [2.24, 2.45) is 0 Å². The molecule has 1 fully saturated rings. The van der Waals surface area contributed by atoms with Crippen LogP contribution in [-0.2, 0) is 16.6 Å². The van der Waals surface area contributed by atoms with Crippen molar-refractivity contribution in [2.45, 2.75) is 44.9 Å². The Hall–Kier alpha value is -1.69. The Labute approximate surface area is 134 Å². The number of likely N-dealkylation sites (tertiary alicyclic amines) is 1. The molecule has 0 saturated carbocycles. The monoisotopic (exact) mass is 319 g/mol. The molecular weight excluding hydrogens is 298 g/mol. The maximum absolute atomic E-state index is 12.2. The fraction of sp³-hybridized carbons (Fsp3) is 0.562. The van der Waals surface area contributed by atoms with E-state index in [1.807, 2.05) is 11.0 Å². The minimum Gasteiger partial charge on any atom is -0.342 e. The standard InChI is InChI=1S/C16H21N3O2S/c1-16(2,3)15-17-14(21-18-15)11-9-13(20)19(10-11)7-6-12-5-4-8-22-12/h4-5,8,11H,6-7,9-10H2,1-3H3. The molecule has 1 atom stereocenters. The van der Waals surface area contributed by atoms with Gasteiger partial charge in [-0.25, -0.2) is 0 Å². The summed E-state index contributed by atoms with van der Waals surface area (Å²) in [7, 11) is 0. The second kappa shape index (κ2) is 5.83. The highest BCUT2D eigenvalue weighted by atomic mass is 32.1. The molecule has 118 valence electrons. The summed E-state index contributed by atoms with van der Waals surface area (Å²) in [5.41, 5.74) is -0.136. The summed E-state index contributed by atoms with van der Waals surface area (Å²) in [5, 5.41) is 6.12. The molecule has 1 amide bonds. The normalized spacial score (nSPS) is 19.1. The zero-order valence-corrected chi connectivity index (χ0v) is 14.0. The van der Waals surface area contributed by atoms with E-state index in [0.717, 1.165) is 13.0 Å². The predicted octanol–water partition coefficient (Wildman–Crippen LogP) is 2.99. The Bertz CT molecular complexity index is 643. The molecule has 0 bridgehead atoms. The highest BCUT2D eigenvalue weighted by Gasteiger charge is 2.35. The third-order valence-electron chi connectivity index (χ3n) is 3.88. The molecule has 1 saturated heterocycles. The van der Waals surface area contributed by atoms with Crippen molar-refractivity contribution in [3.05, 3.63) is 34.1 Å². The van der Waals surface area contributed by atoms with Crippen molar-refractivity contribution in [2.75, 3.05) is 13.1 Å². The molecule has 1 aliphatic rings. The van der Waals surface area contributed by atoms with E-state index in [-0.39, 0.29) is 17.2 Å². The molecule has 1 unspecified atom stereocenters. The maximum atomic E-state index is 12.2. The lowest BCUT2D eigenvalue weighted by molar-refractivity contribution is -0.127. The van der Waals surface area contributed by atoms with Gasteiger partial charge in [-0.15, -0.1) is 11.3 Å². The first-order valence-electron chi connectivity index (χ1n) is 7.58. The van der Waals surface area contributed by atoms with Crippen LogP contribution in [0.3, 0.4) is 0 Å². The van der Waals surface area contributed by atoms with Crippen molar-refractivity contribution in [1.29, 1.82) is 0 Å². The van der Waals surface area contributed by atoms with Crippen LogP contribution < -0.4 is 0 Å².